The number of rotatable bonds is 4. The Morgan fingerprint density at radius 2 is 2.00 bits per heavy atom. The van der Waals surface area contributed by atoms with Crippen LogP contribution >= 0.6 is 15.9 Å². The Morgan fingerprint density at radius 1 is 1.30 bits per heavy atom. The maximum absolute atomic E-state index is 12.4. The first-order chi connectivity index (χ1) is 9.50. The van der Waals surface area contributed by atoms with Crippen molar-refractivity contribution in [3.05, 3.63) is 0 Å². The van der Waals surface area contributed by atoms with E-state index in [0.717, 1.165) is 37.2 Å². The van der Waals surface area contributed by atoms with E-state index in [2.05, 4.69) is 29.8 Å². The molecule has 3 nitrogen and oxygen atoms in total. The summed E-state index contributed by atoms with van der Waals surface area (Å²) in [7, 11) is 0. The number of hydrogen-bond acceptors (Lipinski definition) is 2. The van der Waals surface area contributed by atoms with Crippen LogP contribution in [0, 0.1) is 5.92 Å². The van der Waals surface area contributed by atoms with Crippen molar-refractivity contribution in [3.63, 3.8) is 0 Å². The molecule has 1 saturated carbocycles. The van der Waals surface area contributed by atoms with Gasteiger partial charge in [0.25, 0.3) is 0 Å². The van der Waals surface area contributed by atoms with Crippen LogP contribution in [-0.4, -0.2) is 40.9 Å². The van der Waals surface area contributed by atoms with Crippen LogP contribution in [0.4, 0.5) is 0 Å². The monoisotopic (exact) mass is 345 g/mol. The Kier molecular flexibility index (Phi) is 5.91. The van der Waals surface area contributed by atoms with Crippen LogP contribution in [0.1, 0.15) is 58.8 Å². The highest BCUT2D eigenvalue weighted by atomic mass is 79.9. The number of carbonyl (C=O) groups excluding carboxylic acids is 1. The molecule has 1 aliphatic heterocycles. The Labute approximate surface area is 131 Å². The minimum absolute atomic E-state index is 0.123. The third-order valence-corrected chi connectivity index (χ3v) is 5.22. The van der Waals surface area contributed by atoms with E-state index in [0.29, 0.717) is 5.91 Å². The van der Waals surface area contributed by atoms with Gasteiger partial charge in [0.2, 0.25) is 5.91 Å². The molecular weight excluding hydrogens is 318 g/mol. The van der Waals surface area contributed by atoms with E-state index >= 15 is 0 Å². The van der Waals surface area contributed by atoms with Crippen LogP contribution in [0.15, 0.2) is 0 Å². The summed E-state index contributed by atoms with van der Waals surface area (Å²) in [6, 6.07) is 0. The predicted octanol–water partition coefficient (Wildman–Crippen LogP) is 3.75. The lowest BCUT2D eigenvalue weighted by Crippen LogP contribution is -2.55. The van der Waals surface area contributed by atoms with E-state index in [9.17, 15) is 4.79 Å². The van der Waals surface area contributed by atoms with Crippen molar-refractivity contribution in [2.45, 2.75) is 70.5 Å². The first kappa shape index (κ1) is 16.3. The molecule has 1 aliphatic carbocycles. The molecule has 0 spiro atoms. The third kappa shape index (κ3) is 4.73. The second-order valence-corrected chi connectivity index (χ2v) is 7.62. The number of nitrogens with zero attached hydrogens (tertiary/aromatic N) is 1. The molecule has 0 radical (unpaired) electrons. The van der Waals surface area contributed by atoms with E-state index in [1.54, 1.807) is 0 Å². The van der Waals surface area contributed by atoms with E-state index in [4.69, 9.17) is 4.74 Å². The van der Waals surface area contributed by atoms with Crippen molar-refractivity contribution >= 4 is 21.8 Å². The van der Waals surface area contributed by atoms with E-state index in [1.165, 1.54) is 32.1 Å². The molecule has 2 aliphatic rings. The first-order valence-corrected chi connectivity index (χ1v) is 9.14. The highest BCUT2D eigenvalue weighted by molar-refractivity contribution is 9.09. The largest absolute Gasteiger partial charge is 0.368 e. The standard InChI is InChI=1S/C16H28BrNO2/c1-16(2)12-18(11-14(10-17)20-16)15(19)9-8-13-6-4-3-5-7-13/h13-14H,3-12H2,1-2H3. The van der Waals surface area contributed by atoms with E-state index in [1.807, 2.05) is 4.90 Å². The molecule has 20 heavy (non-hydrogen) atoms. The number of alkyl halides is 1. The third-order valence-electron chi connectivity index (χ3n) is 4.50. The molecule has 2 fully saturated rings. The lowest BCUT2D eigenvalue weighted by molar-refractivity contribution is -0.157. The van der Waals surface area contributed by atoms with Crippen molar-refractivity contribution in [1.82, 2.24) is 4.90 Å². The van der Waals surface area contributed by atoms with Gasteiger partial charge >= 0.3 is 0 Å². The molecule has 1 atom stereocenters. The highest BCUT2D eigenvalue weighted by Gasteiger charge is 2.35. The summed E-state index contributed by atoms with van der Waals surface area (Å²) in [4.78, 5) is 14.5. The molecule has 2 rings (SSSR count). The molecule has 1 heterocycles. The molecule has 0 aromatic rings. The lowest BCUT2D eigenvalue weighted by atomic mass is 9.86. The number of carbonyl (C=O) groups is 1. The molecular formula is C16H28BrNO2. The fourth-order valence-electron chi connectivity index (χ4n) is 3.53. The number of ether oxygens (including phenoxy) is 1. The maximum atomic E-state index is 12.4. The Balaban J connectivity index is 1.81. The van der Waals surface area contributed by atoms with E-state index < -0.39 is 0 Å². The van der Waals surface area contributed by atoms with Crippen LogP contribution in [0.5, 0.6) is 0 Å². The Hall–Kier alpha value is -0.0900. The summed E-state index contributed by atoms with van der Waals surface area (Å²) in [6.45, 7) is 5.60. The van der Waals surface area contributed by atoms with Crippen LogP contribution in [0.25, 0.3) is 0 Å². The molecule has 0 aromatic carbocycles. The summed E-state index contributed by atoms with van der Waals surface area (Å²) in [5.41, 5.74) is -0.225. The number of morpholine rings is 1. The van der Waals surface area contributed by atoms with Crippen LogP contribution < -0.4 is 0 Å². The fraction of sp³-hybridized carbons (Fsp3) is 0.938. The highest BCUT2D eigenvalue weighted by Crippen LogP contribution is 2.28. The Morgan fingerprint density at radius 3 is 2.65 bits per heavy atom. The van der Waals surface area contributed by atoms with Crippen molar-refractivity contribution in [2.75, 3.05) is 18.4 Å². The number of amides is 1. The molecule has 0 bridgehead atoms. The van der Waals surface area contributed by atoms with Crippen molar-refractivity contribution in [2.24, 2.45) is 5.92 Å². The van der Waals surface area contributed by atoms with Crippen molar-refractivity contribution in [1.29, 1.82) is 0 Å². The second-order valence-electron chi connectivity index (χ2n) is 6.97. The summed E-state index contributed by atoms with van der Waals surface area (Å²) in [6.07, 6.45) is 8.67. The van der Waals surface area contributed by atoms with Gasteiger partial charge in [0.15, 0.2) is 0 Å². The zero-order valence-corrected chi connectivity index (χ0v) is 14.5. The minimum Gasteiger partial charge on any atom is -0.368 e. The van der Waals surface area contributed by atoms with Gasteiger partial charge in [-0.15, -0.1) is 0 Å². The van der Waals surface area contributed by atoms with Crippen LogP contribution in [-0.2, 0) is 9.53 Å². The minimum atomic E-state index is -0.225. The summed E-state index contributed by atoms with van der Waals surface area (Å²) >= 11 is 3.48. The molecule has 4 heteroatoms. The van der Waals surface area contributed by atoms with Gasteiger partial charge in [-0.05, 0) is 26.2 Å². The van der Waals surface area contributed by atoms with Gasteiger partial charge in [-0.3, -0.25) is 4.79 Å². The first-order valence-electron chi connectivity index (χ1n) is 8.02. The second kappa shape index (κ2) is 7.26. The van der Waals surface area contributed by atoms with Crippen molar-refractivity contribution < 1.29 is 9.53 Å². The quantitative estimate of drug-likeness (QED) is 0.726. The van der Waals surface area contributed by atoms with Gasteiger partial charge in [0.05, 0.1) is 11.7 Å². The summed E-state index contributed by atoms with van der Waals surface area (Å²) in [5.74, 6) is 1.10. The zero-order chi connectivity index (χ0) is 14.6. The SMILES string of the molecule is CC1(C)CN(C(=O)CCC2CCCCC2)CC(CBr)O1. The number of halogens is 1. The van der Waals surface area contributed by atoms with Gasteiger partial charge in [0, 0.05) is 24.8 Å². The molecule has 1 amide bonds. The van der Waals surface area contributed by atoms with Crippen molar-refractivity contribution in [3.8, 4) is 0 Å². The Bertz CT molecular complexity index is 326. The maximum Gasteiger partial charge on any atom is 0.222 e. The topological polar surface area (TPSA) is 29.5 Å². The molecule has 0 aromatic heterocycles. The molecule has 0 N–H and O–H groups in total. The molecule has 1 unspecified atom stereocenters. The fourth-order valence-corrected chi connectivity index (χ4v) is 3.86. The normalized spacial score (nSPS) is 27.6. The smallest absolute Gasteiger partial charge is 0.222 e. The lowest BCUT2D eigenvalue weighted by Gasteiger charge is -2.42. The molecule has 116 valence electrons. The number of hydrogen-bond donors (Lipinski definition) is 0. The average molecular weight is 346 g/mol. The van der Waals surface area contributed by atoms with Gasteiger partial charge in [-0.2, -0.15) is 0 Å². The predicted molar refractivity (Wildman–Crippen MR) is 85.1 cm³/mol. The zero-order valence-electron chi connectivity index (χ0n) is 12.9. The molecule has 1 saturated heterocycles. The summed E-state index contributed by atoms with van der Waals surface area (Å²) < 4.78 is 5.96. The van der Waals surface area contributed by atoms with Gasteiger partial charge < -0.3 is 9.64 Å². The van der Waals surface area contributed by atoms with Crippen LogP contribution in [0.3, 0.4) is 0 Å². The van der Waals surface area contributed by atoms with Gasteiger partial charge in [0.1, 0.15) is 0 Å². The average Bonchev–Trinajstić information content (AvgIpc) is 2.44. The van der Waals surface area contributed by atoms with Crippen LogP contribution in [0.2, 0.25) is 0 Å². The van der Waals surface area contributed by atoms with Gasteiger partial charge in [-0.1, -0.05) is 48.0 Å². The van der Waals surface area contributed by atoms with E-state index in [-0.39, 0.29) is 11.7 Å². The summed E-state index contributed by atoms with van der Waals surface area (Å²) in [5, 5.41) is 0.794. The van der Waals surface area contributed by atoms with Gasteiger partial charge in [-0.25, -0.2) is 0 Å².